The van der Waals surface area contributed by atoms with Crippen molar-refractivity contribution in [3.05, 3.63) is 71.3 Å². The average Bonchev–Trinajstić information content (AvgIpc) is 2.80. The first kappa shape index (κ1) is 24.4. The summed E-state index contributed by atoms with van der Waals surface area (Å²) in [6.45, 7) is 3.59. The number of nitrogens with zero attached hydrogens (tertiary/aromatic N) is 1. The van der Waals surface area contributed by atoms with Gasteiger partial charge in [-0.05, 0) is 23.1 Å². The number of alkyl carbamates (subject to hydrolysis) is 1. The Labute approximate surface area is 187 Å². The predicted octanol–water partition coefficient (Wildman–Crippen LogP) is 2.71. The molecule has 8 heteroatoms. The Balaban J connectivity index is 2.06. The third kappa shape index (κ3) is 7.13. The molecule has 0 radical (unpaired) electrons. The molecule has 0 saturated heterocycles. The highest BCUT2D eigenvalue weighted by Gasteiger charge is 2.30. The molecular formula is C24H27N3O5. The number of esters is 1. The van der Waals surface area contributed by atoms with Gasteiger partial charge in [0.25, 0.3) is 0 Å². The van der Waals surface area contributed by atoms with E-state index in [1.807, 2.05) is 30.3 Å². The number of rotatable bonds is 9. The molecule has 0 aromatic heterocycles. The zero-order valence-electron chi connectivity index (χ0n) is 18.3. The molecule has 0 fully saturated rings. The highest BCUT2D eigenvalue weighted by atomic mass is 16.5. The molecule has 0 aliphatic rings. The molecule has 2 atom stereocenters. The van der Waals surface area contributed by atoms with Crippen LogP contribution in [0.25, 0.3) is 0 Å². The third-order valence-electron chi connectivity index (χ3n) is 4.80. The maximum absolute atomic E-state index is 12.9. The fraction of sp³-hybridized carbons (Fsp3) is 0.333. The van der Waals surface area contributed by atoms with Crippen LogP contribution >= 0.6 is 0 Å². The number of amides is 2. The van der Waals surface area contributed by atoms with E-state index in [1.165, 1.54) is 7.11 Å². The van der Waals surface area contributed by atoms with Gasteiger partial charge < -0.3 is 20.1 Å². The summed E-state index contributed by atoms with van der Waals surface area (Å²) in [6.07, 6.45) is -0.669. The van der Waals surface area contributed by atoms with Crippen LogP contribution in [0.1, 0.15) is 30.5 Å². The molecule has 0 aliphatic heterocycles. The highest BCUT2D eigenvalue weighted by Crippen LogP contribution is 2.12. The summed E-state index contributed by atoms with van der Waals surface area (Å²) in [7, 11) is 1.22. The molecule has 0 aliphatic carbocycles. The summed E-state index contributed by atoms with van der Waals surface area (Å²) in [6, 6.07) is 16.1. The number of nitriles is 1. The molecule has 0 spiro atoms. The van der Waals surface area contributed by atoms with Crippen LogP contribution in [0.4, 0.5) is 4.79 Å². The summed E-state index contributed by atoms with van der Waals surface area (Å²) < 4.78 is 10.0. The number of carbonyl (C=O) groups is 3. The molecule has 8 nitrogen and oxygen atoms in total. The summed E-state index contributed by atoms with van der Waals surface area (Å²) in [4.78, 5) is 37.5. The van der Waals surface area contributed by atoms with Crippen molar-refractivity contribution >= 4 is 18.0 Å². The van der Waals surface area contributed by atoms with E-state index < -0.39 is 30.1 Å². The summed E-state index contributed by atoms with van der Waals surface area (Å²) in [5.74, 6) is -1.48. The van der Waals surface area contributed by atoms with Gasteiger partial charge in [-0.3, -0.25) is 4.79 Å². The van der Waals surface area contributed by atoms with Crippen LogP contribution in [-0.2, 0) is 32.1 Å². The lowest BCUT2D eigenvalue weighted by Gasteiger charge is -2.24. The first-order valence-electron chi connectivity index (χ1n) is 10.2. The van der Waals surface area contributed by atoms with E-state index in [1.54, 1.807) is 38.1 Å². The van der Waals surface area contributed by atoms with Crippen LogP contribution in [0.15, 0.2) is 54.6 Å². The molecule has 2 amide bonds. The van der Waals surface area contributed by atoms with Crippen LogP contribution in [-0.4, -0.2) is 37.2 Å². The Morgan fingerprint density at radius 3 is 2.28 bits per heavy atom. The second kappa shape index (κ2) is 12.1. The zero-order valence-corrected chi connectivity index (χ0v) is 18.3. The van der Waals surface area contributed by atoms with E-state index in [2.05, 4.69) is 16.7 Å². The van der Waals surface area contributed by atoms with E-state index in [-0.39, 0.29) is 18.9 Å². The van der Waals surface area contributed by atoms with Crippen molar-refractivity contribution in [2.24, 2.45) is 5.92 Å². The van der Waals surface area contributed by atoms with Crippen molar-refractivity contribution < 1.29 is 23.9 Å². The molecule has 32 heavy (non-hydrogen) atoms. The number of hydrogen-bond donors (Lipinski definition) is 2. The van der Waals surface area contributed by atoms with Gasteiger partial charge in [-0.15, -0.1) is 0 Å². The van der Waals surface area contributed by atoms with Crippen molar-refractivity contribution in [2.75, 3.05) is 7.11 Å². The number of hydrogen-bond acceptors (Lipinski definition) is 6. The lowest BCUT2D eigenvalue weighted by atomic mass is 9.99. The van der Waals surface area contributed by atoms with Gasteiger partial charge in [-0.1, -0.05) is 62.4 Å². The number of carbonyl (C=O) groups excluding carboxylic acids is 3. The molecule has 2 aromatic carbocycles. The van der Waals surface area contributed by atoms with Crippen molar-refractivity contribution in [2.45, 2.75) is 39.0 Å². The molecule has 2 N–H and O–H groups in total. The van der Waals surface area contributed by atoms with Gasteiger partial charge in [0.2, 0.25) is 5.91 Å². The van der Waals surface area contributed by atoms with Crippen LogP contribution in [0.2, 0.25) is 0 Å². The SMILES string of the molecule is COC(=O)[C@@H](Cc1ccccc1C#N)NC(=O)[C@@H](NC(=O)OCc1ccccc1)C(C)C. The number of methoxy groups -OCH3 is 1. The zero-order chi connectivity index (χ0) is 23.5. The van der Waals surface area contributed by atoms with E-state index in [9.17, 15) is 19.6 Å². The van der Waals surface area contributed by atoms with Gasteiger partial charge in [0, 0.05) is 6.42 Å². The molecular weight excluding hydrogens is 410 g/mol. The normalized spacial score (nSPS) is 12.2. The first-order valence-corrected chi connectivity index (χ1v) is 10.2. The summed E-state index contributed by atoms with van der Waals surface area (Å²) in [5.41, 5.74) is 1.82. The van der Waals surface area contributed by atoms with E-state index in [4.69, 9.17) is 9.47 Å². The summed E-state index contributed by atoms with van der Waals surface area (Å²) in [5, 5.41) is 14.5. The number of nitrogens with one attached hydrogen (secondary N) is 2. The topological polar surface area (TPSA) is 118 Å². The Bertz CT molecular complexity index is 969. The van der Waals surface area contributed by atoms with Gasteiger partial charge >= 0.3 is 12.1 Å². The minimum Gasteiger partial charge on any atom is -0.467 e. The minimum atomic E-state index is -1.02. The van der Waals surface area contributed by atoms with Gasteiger partial charge in [0.1, 0.15) is 18.7 Å². The van der Waals surface area contributed by atoms with Crippen molar-refractivity contribution in [1.29, 1.82) is 5.26 Å². The fourth-order valence-corrected chi connectivity index (χ4v) is 3.05. The fourth-order valence-electron chi connectivity index (χ4n) is 3.05. The molecule has 0 unspecified atom stereocenters. The lowest BCUT2D eigenvalue weighted by Crippen LogP contribution is -2.54. The molecule has 0 heterocycles. The smallest absolute Gasteiger partial charge is 0.408 e. The molecule has 2 aromatic rings. The highest BCUT2D eigenvalue weighted by molar-refractivity contribution is 5.90. The van der Waals surface area contributed by atoms with Gasteiger partial charge in [0.05, 0.1) is 18.7 Å². The Morgan fingerprint density at radius 1 is 1.00 bits per heavy atom. The predicted molar refractivity (Wildman–Crippen MR) is 117 cm³/mol. The van der Waals surface area contributed by atoms with Gasteiger partial charge in [0.15, 0.2) is 0 Å². The van der Waals surface area contributed by atoms with Crippen LogP contribution in [0, 0.1) is 17.2 Å². The maximum atomic E-state index is 12.9. The minimum absolute atomic E-state index is 0.0643. The van der Waals surface area contributed by atoms with Crippen molar-refractivity contribution in [1.82, 2.24) is 10.6 Å². The largest absolute Gasteiger partial charge is 0.467 e. The van der Waals surface area contributed by atoms with Crippen LogP contribution < -0.4 is 10.6 Å². The second-order valence-electron chi connectivity index (χ2n) is 7.49. The van der Waals surface area contributed by atoms with Crippen LogP contribution in [0.5, 0.6) is 0 Å². The molecule has 168 valence electrons. The molecule has 0 saturated carbocycles. The number of ether oxygens (including phenoxy) is 2. The Hall–Kier alpha value is -3.86. The Morgan fingerprint density at radius 2 is 1.66 bits per heavy atom. The summed E-state index contributed by atoms with van der Waals surface area (Å²) >= 11 is 0. The van der Waals surface area contributed by atoms with Gasteiger partial charge in [-0.2, -0.15) is 5.26 Å². The quantitative estimate of drug-likeness (QED) is 0.583. The van der Waals surface area contributed by atoms with E-state index >= 15 is 0 Å². The molecule has 2 rings (SSSR count). The van der Waals surface area contributed by atoms with Crippen molar-refractivity contribution in [3.8, 4) is 6.07 Å². The second-order valence-corrected chi connectivity index (χ2v) is 7.49. The standard InChI is InChI=1S/C24H27N3O5/c1-16(2)21(27-24(30)32-15-17-9-5-4-6-10-17)22(28)26-20(23(29)31-3)13-18-11-7-8-12-19(18)14-25/h4-12,16,20-21H,13,15H2,1-3H3,(H,26,28)(H,27,30)/t20-,21+/m1/s1. The average molecular weight is 437 g/mol. The first-order chi connectivity index (χ1) is 15.3. The number of benzene rings is 2. The maximum Gasteiger partial charge on any atom is 0.408 e. The van der Waals surface area contributed by atoms with Crippen LogP contribution in [0.3, 0.4) is 0 Å². The third-order valence-corrected chi connectivity index (χ3v) is 4.80. The Kier molecular flexibility index (Phi) is 9.23. The lowest BCUT2D eigenvalue weighted by molar-refractivity contribution is -0.145. The van der Waals surface area contributed by atoms with E-state index in [0.29, 0.717) is 11.1 Å². The van der Waals surface area contributed by atoms with Crippen molar-refractivity contribution in [3.63, 3.8) is 0 Å². The van der Waals surface area contributed by atoms with Gasteiger partial charge in [-0.25, -0.2) is 9.59 Å². The molecule has 0 bridgehead atoms. The van der Waals surface area contributed by atoms with E-state index in [0.717, 1.165) is 5.56 Å². The monoisotopic (exact) mass is 437 g/mol.